The predicted molar refractivity (Wildman–Crippen MR) is 70.3 cm³/mol. The highest BCUT2D eigenvalue weighted by atomic mass is 32.1. The van der Waals surface area contributed by atoms with Gasteiger partial charge in [-0.3, -0.25) is 0 Å². The van der Waals surface area contributed by atoms with Crippen LogP contribution in [0.15, 0.2) is 16.7 Å². The molecule has 0 bridgehead atoms. The molecule has 0 aliphatic rings. The minimum atomic E-state index is 0.338. The Morgan fingerprint density at radius 2 is 2.12 bits per heavy atom. The van der Waals surface area contributed by atoms with Crippen molar-refractivity contribution in [1.82, 2.24) is 10.5 Å². The van der Waals surface area contributed by atoms with Gasteiger partial charge in [-0.2, -0.15) is 0 Å². The average molecular weight is 250 g/mol. The summed E-state index contributed by atoms with van der Waals surface area (Å²) in [5.74, 6) is 0.888. The third-order valence-electron chi connectivity index (χ3n) is 2.81. The second-order valence-corrected chi connectivity index (χ2v) is 5.87. The van der Waals surface area contributed by atoms with E-state index in [9.17, 15) is 0 Å². The Balaban J connectivity index is 1.97. The molecule has 1 N–H and O–H groups in total. The van der Waals surface area contributed by atoms with E-state index in [4.69, 9.17) is 4.52 Å². The summed E-state index contributed by atoms with van der Waals surface area (Å²) in [6, 6.07) is 4.56. The Morgan fingerprint density at radius 1 is 1.35 bits per heavy atom. The maximum absolute atomic E-state index is 5.18. The molecule has 4 heteroatoms. The van der Waals surface area contributed by atoms with Crippen molar-refractivity contribution < 1.29 is 4.52 Å². The van der Waals surface area contributed by atoms with E-state index in [2.05, 4.69) is 37.3 Å². The fourth-order valence-corrected chi connectivity index (χ4v) is 2.97. The molecule has 2 aromatic heterocycles. The number of nitrogens with zero attached hydrogens (tertiary/aromatic N) is 1. The number of rotatable bonds is 4. The highest BCUT2D eigenvalue weighted by molar-refractivity contribution is 7.12. The summed E-state index contributed by atoms with van der Waals surface area (Å²) in [7, 11) is 0. The van der Waals surface area contributed by atoms with Crippen LogP contribution in [0.4, 0.5) is 0 Å². The van der Waals surface area contributed by atoms with E-state index in [1.807, 2.05) is 24.3 Å². The molecule has 0 fully saturated rings. The first-order valence-corrected chi connectivity index (χ1v) is 6.60. The van der Waals surface area contributed by atoms with E-state index in [1.54, 1.807) is 0 Å². The Labute approximate surface area is 106 Å². The zero-order valence-corrected chi connectivity index (χ0v) is 11.5. The Morgan fingerprint density at radius 3 is 2.65 bits per heavy atom. The van der Waals surface area contributed by atoms with E-state index in [0.717, 1.165) is 18.0 Å². The van der Waals surface area contributed by atoms with E-state index in [0.29, 0.717) is 6.04 Å². The average Bonchev–Trinajstić information content (AvgIpc) is 2.81. The molecular formula is C13H18N2OS. The van der Waals surface area contributed by atoms with Crippen LogP contribution >= 0.6 is 11.3 Å². The highest BCUT2D eigenvalue weighted by Gasteiger charge is 2.11. The molecule has 2 heterocycles. The zero-order chi connectivity index (χ0) is 12.4. The first-order valence-electron chi connectivity index (χ1n) is 5.79. The molecule has 0 spiro atoms. The Bertz CT molecular complexity index is 501. The minimum Gasteiger partial charge on any atom is -0.360 e. The fourth-order valence-electron chi connectivity index (χ4n) is 1.94. The highest BCUT2D eigenvalue weighted by Crippen LogP contribution is 2.26. The van der Waals surface area contributed by atoms with Gasteiger partial charge in [-0.15, -0.1) is 11.3 Å². The van der Waals surface area contributed by atoms with Crippen molar-refractivity contribution in [3.05, 3.63) is 38.9 Å². The summed E-state index contributed by atoms with van der Waals surface area (Å²) in [5.41, 5.74) is 2.31. The molecule has 0 aromatic carbocycles. The molecule has 0 amide bonds. The van der Waals surface area contributed by atoms with Gasteiger partial charge in [0, 0.05) is 21.9 Å². The Hall–Kier alpha value is -1.13. The van der Waals surface area contributed by atoms with Crippen LogP contribution < -0.4 is 5.32 Å². The van der Waals surface area contributed by atoms with Crippen LogP contribution in [-0.4, -0.2) is 5.16 Å². The van der Waals surface area contributed by atoms with Crippen molar-refractivity contribution in [3.8, 4) is 0 Å². The molecule has 3 nitrogen and oxygen atoms in total. The van der Waals surface area contributed by atoms with Crippen LogP contribution in [0.25, 0.3) is 0 Å². The van der Waals surface area contributed by atoms with Gasteiger partial charge in [0.25, 0.3) is 0 Å². The normalized spacial score (nSPS) is 12.9. The quantitative estimate of drug-likeness (QED) is 0.902. The van der Waals surface area contributed by atoms with Crippen molar-refractivity contribution in [3.63, 3.8) is 0 Å². The first kappa shape index (κ1) is 12.3. The maximum Gasteiger partial charge on any atom is 0.150 e. The number of hydrogen-bond donors (Lipinski definition) is 1. The molecular weight excluding hydrogens is 232 g/mol. The van der Waals surface area contributed by atoms with Crippen LogP contribution in [0.3, 0.4) is 0 Å². The lowest BCUT2D eigenvalue weighted by molar-refractivity contribution is 0.363. The zero-order valence-electron chi connectivity index (χ0n) is 10.7. The summed E-state index contributed by atoms with van der Waals surface area (Å²) in [4.78, 5) is 2.75. The third-order valence-corrected chi connectivity index (χ3v) is 3.79. The van der Waals surface area contributed by atoms with Crippen molar-refractivity contribution in [2.24, 2.45) is 0 Å². The molecule has 17 heavy (non-hydrogen) atoms. The van der Waals surface area contributed by atoms with Gasteiger partial charge in [0.1, 0.15) is 0 Å². The molecule has 0 aliphatic carbocycles. The molecule has 0 aliphatic heterocycles. The van der Waals surface area contributed by atoms with Crippen LogP contribution in [0.5, 0.6) is 0 Å². The lowest BCUT2D eigenvalue weighted by atomic mass is 10.1. The summed E-state index contributed by atoms with van der Waals surface area (Å²) in [6.07, 6.45) is 0. The number of aryl methyl sites for hydroxylation is 3. The summed E-state index contributed by atoms with van der Waals surface area (Å²) in [6.45, 7) is 9.15. The predicted octanol–water partition coefficient (Wildman–Crippen LogP) is 3.51. The van der Waals surface area contributed by atoms with Crippen LogP contribution in [0.2, 0.25) is 0 Å². The molecule has 0 radical (unpaired) electrons. The molecule has 2 aromatic rings. The number of nitrogens with one attached hydrogen (secondary N) is 1. The summed E-state index contributed by atoms with van der Waals surface area (Å²) >= 11 is 1.85. The van der Waals surface area contributed by atoms with Gasteiger partial charge in [0.2, 0.25) is 0 Å². The summed E-state index contributed by atoms with van der Waals surface area (Å²) < 4.78 is 5.18. The molecule has 0 saturated heterocycles. The molecule has 1 atom stereocenters. The van der Waals surface area contributed by atoms with Crippen molar-refractivity contribution in [1.29, 1.82) is 0 Å². The van der Waals surface area contributed by atoms with Crippen molar-refractivity contribution >= 4 is 11.3 Å². The van der Waals surface area contributed by atoms with Gasteiger partial charge >= 0.3 is 0 Å². The monoisotopic (exact) mass is 250 g/mol. The van der Waals surface area contributed by atoms with Crippen LogP contribution in [0, 0.1) is 20.8 Å². The topological polar surface area (TPSA) is 38.1 Å². The van der Waals surface area contributed by atoms with Gasteiger partial charge in [-0.1, -0.05) is 5.16 Å². The first-order chi connectivity index (χ1) is 8.06. The molecule has 92 valence electrons. The lowest BCUT2D eigenvalue weighted by Crippen LogP contribution is -2.17. The van der Waals surface area contributed by atoms with Gasteiger partial charge in [-0.05, 0) is 39.3 Å². The van der Waals surface area contributed by atoms with Gasteiger partial charge < -0.3 is 9.84 Å². The van der Waals surface area contributed by atoms with E-state index < -0.39 is 0 Å². The smallest absolute Gasteiger partial charge is 0.150 e. The van der Waals surface area contributed by atoms with Crippen molar-refractivity contribution in [2.45, 2.75) is 40.3 Å². The molecule has 2 rings (SSSR count). The number of hydrogen-bond acceptors (Lipinski definition) is 4. The third kappa shape index (κ3) is 2.96. The molecule has 0 saturated carbocycles. The standard InChI is InChI=1S/C13H18N2OS/c1-8-5-12(16-15-8)7-14-10(3)13-6-9(2)17-11(13)4/h5-6,10,14H,7H2,1-4H3. The second kappa shape index (κ2) is 5.02. The van der Waals surface area contributed by atoms with Gasteiger partial charge in [0.15, 0.2) is 5.76 Å². The maximum atomic E-state index is 5.18. The van der Waals surface area contributed by atoms with Crippen LogP contribution in [-0.2, 0) is 6.54 Å². The summed E-state index contributed by atoms with van der Waals surface area (Å²) in [5, 5.41) is 7.33. The van der Waals surface area contributed by atoms with Crippen molar-refractivity contribution in [2.75, 3.05) is 0 Å². The van der Waals surface area contributed by atoms with E-state index in [1.165, 1.54) is 15.3 Å². The lowest BCUT2D eigenvalue weighted by Gasteiger charge is -2.12. The molecule has 1 unspecified atom stereocenters. The Kier molecular flexibility index (Phi) is 3.64. The van der Waals surface area contributed by atoms with Crippen LogP contribution in [0.1, 0.15) is 39.7 Å². The SMILES string of the molecule is Cc1cc(CNC(C)c2cc(C)sc2C)on1. The number of aromatic nitrogens is 1. The fraction of sp³-hybridized carbons (Fsp3) is 0.462. The van der Waals surface area contributed by atoms with E-state index in [-0.39, 0.29) is 0 Å². The minimum absolute atomic E-state index is 0.338. The largest absolute Gasteiger partial charge is 0.360 e. The number of thiophene rings is 1. The second-order valence-electron chi connectivity index (χ2n) is 4.41. The van der Waals surface area contributed by atoms with E-state index >= 15 is 0 Å². The van der Waals surface area contributed by atoms with Gasteiger partial charge in [-0.25, -0.2) is 0 Å². The van der Waals surface area contributed by atoms with Gasteiger partial charge in [0.05, 0.1) is 12.2 Å².